The molecule has 0 bridgehead atoms. The zero-order chi connectivity index (χ0) is 21.6. The smallest absolute Gasteiger partial charge is 0.260 e. The SMILES string of the molecule is COc1ccc(-c2noc(CN3CCN(C(=O)COc4ccccc4C)CC3)n2)cc1. The largest absolute Gasteiger partial charge is 0.497 e. The van der Waals surface area contributed by atoms with E-state index in [0.29, 0.717) is 31.3 Å². The van der Waals surface area contributed by atoms with Crippen LogP contribution in [0.15, 0.2) is 53.1 Å². The Hall–Kier alpha value is -3.39. The molecule has 1 saturated heterocycles. The Kier molecular flexibility index (Phi) is 6.47. The van der Waals surface area contributed by atoms with E-state index in [1.807, 2.05) is 60.4 Å². The van der Waals surface area contributed by atoms with Gasteiger partial charge in [0.1, 0.15) is 11.5 Å². The summed E-state index contributed by atoms with van der Waals surface area (Å²) in [6, 6.07) is 15.2. The third-order valence-electron chi connectivity index (χ3n) is 5.34. The molecule has 0 atom stereocenters. The van der Waals surface area contributed by atoms with Crippen LogP contribution in [-0.2, 0) is 11.3 Å². The van der Waals surface area contributed by atoms with Crippen molar-refractivity contribution in [2.45, 2.75) is 13.5 Å². The molecule has 3 aromatic rings. The Morgan fingerprint density at radius 2 is 1.81 bits per heavy atom. The summed E-state index contributed by atoms with van der Waals surface area (Å²) in [5, 5.41) is 4.08. The quantitative estimate of drug-likeness (QED) is 0.579. The molecule has 0 saturated carbocycles. The number of hydrogen-bond acceptors (Lipinski definition) is 7. The molecule has 2 aromatic carbocycles. The zero-order valence-electron chi connectivity index (χ0n) is 17.8. The van der Waals surface area contributed by atoms with Gasteiger partial charge in [0.2, 0.25) is 11.7 Å². The Bertz CT molecular complexity index is 1010. The number of piperazine rings is 1. The number of carbonyl (C=O) groups excluding carboxylic acids is 1. The minimum atomic E-state index is 0.00230. The minimum Gasteiger partial charge on any atom is -0.497 e. The van der Waals surface area contributed by atoms with Crippen molar-refractivity contribution in [3.05, 3.63) is 60.0 Å². The molecule has 4 rings (SSSR count). The number of carbonyl (C=O) groups is 1. The monoisotopic (exact) mass is 422 g/mol. The van der Waals surface area contributed by atoms with Crippen molar-refractivity contribution in [3.63, 3.8) is 0 Å². The van der Waals surface area contributed by atoms with E-state index >= 15 is 0 Å². The molecule has 1 aromatic heterocycles. The van der Waals surface area contributed by atoms with Crippen LogP contribution in [0.4, 0.5) is 0 Å². The molecule has 1 fully saturated rings. The van der Waals surface area contributed by atoms with Gasteiger partial charge >= 0.3 is 0 Å². The van der Waals surface area contributed by atoms with Crippen molar-refractivity contribution in [2.75, 3.05) is 39.9 Å². The number of methoxy groups -OCH3 is 1. The number of rotatable bonds is 7. The number of benzene rings is 2. The van der Waals surface area contributed by atoms with Crippen LogP contribution >= 0.6 is 0 Å². The first-order chi connectivity index (χ1) is 15.1. The summed E-state index contributed by atoms with van der Waals surface area (Å²) in [6.07, 6.45) is 0. The van der Waals surface area contributed by atoms with Crippen LogP contribution in [-0.4, -0.2) is 65.7 Å². The van der Waals surface area contributed by atoms with Gasteiger partial charge in [0, 0.05) is 31.7 Å². The van der Waals surface area contributed by atoms with Gasteiger partial charge in [0.05, 0.1) is 13.7 Å². The van der Waals surface area contributed by atoms with Crippen molar-refractivity contribution in [3.8, 4) is 22.9 Å². The van der Waals surface area contributed by atoms with E-state index in [1.165, 1.54) is 0 Å². The molecule has 1 amide bonds. The highest BCUT2D eigenvalue weighted by atomic mass is 16.5. The van der Waals surface area contributed by atoms with Crippen molar-refractivity contribution in [2.24, 2.45) is 0 Å². The molecule has 31 heavy (non-hydrogen) atoms. The molecule has 8 nitrogen and oxygen atoms in total. The first-order valence-electron chi connectivity index (χ1n) is 10.3. The summed E-state index contributed by atoms with van der Waals surface area (Å²) in [7, 11) is 1.63. The number of nitrogens with zero attached hydrogens (tertiary/aromatic N) is 4. The molecule has 162 valence electrons. The van der Waals surface area contributed by atoms with E-state index in [1.54, 1.807) is 7.11 Å². The van der Waals surface area contributed by atoms with Crippen LogP contribution in [0, 0.1) is 6.92 Å². The van der Waals surface area contributed by atoms with Gasteiger partial charge < -0.3 is 18.9 Å². The highest BCUT2D eigenvalue weighted by Gasteiger charge is 2.23. The minimum absolute atomic E-state index is 0.00230. The lowest BCUT2D eigenvalue weighted by Crippen LogP contribution is -2.49. The van der Waals surface area contributed by atoms with E-state index in [4.69, 9.17) is 14.0 Å². The predicted octanol–water partition coefficient (Wildman–Crippen LogP) is 2.78. The lowest BCUT2D eigenvalue weighted by molar-refractivity contribution is -0.135. The summed E-state index contributed by atoms with van der Waals surface area (Å²) in [5.41, 5.74) is 1.90. The highest BCUT2D eigenvalue weighted by molar-refractivity contribution is 5.78. The number of aromatic nitrogens is 2. The number of hydrogen-bond donors (Lipinski definition) is 0. The molecule has 0 aliphatic carbocycles. The lowest BCUT2D eigenvalue weighted by Gasteiger charge is -2.33. The zero-order valence-corrected chi connectivity index (χ0v) is 17.8. The molecule has 2 heterocycles. The first kappa shape index (κ1) is 20.9. The van der Waals surface area contributed by atoms with Crippen molar-refractivity contribution in [1.29, 1.82) is 0 Å². The van der Waals surface area contributed by atoms with Gasteiger partial charge in [-0.1, -0.05) is 23.4 Å². The second-order valence-electron chi connectivity index (χ2n) is 7.45. The van der Waals surface area contributed by atoms with Crippen molar-refractivity contribution in [1.82, 2.24) is 19.9 Å². The van der Waals surface area contributed by atoms with Crippen LogP contribution in [0.5, 0.6) is 11.5 Å². The third kappa shape index (κ3) is 5.21. The molecule has 0 spiro atoms. The fourth-order valence-corrected chi connectivity index (χ4v) is 3.47. The highest BCUT2D eigenvalue weighted by Crippen LogP contribution is 2.20. The first-order valence-corrected chi connectivity index (χ1v) is 10.3. The maximum atomic E-state index is 12.5. The maximum absolute atomic E-state index is 12.5. The summed E-state index contributed by atoms with van der Waals surface area (Å²) in [4.78, 5) is 21.0. The molecular weight excluding hydrogens is 396 g/mol. The van der Waals surface area contributed by atoms with Crippen LogP contribution in [0.25, 0.3) is 11.4 Å². The molecule has 1 aliphatic rings. The van der Waals surface area contributed by atoms with E-state index in [9.17, 15) is 4.79 Å². The van der Waals surface area contributed by atoms with Gasteiger partial charge in [-0.15, -0.1) is 0 Å². The number of ether oxygens (including phenoxy) is 2. The van der Waals surface area contributed by atoms with Crippen LogP contribution in [0.3, 0.4) is 0 Å². The van der Waals surface area contributed by atoms with E-state index in [-0.39, 0.29) is 12.5 Å². The van der Waals surface area contributed by atoms with Crippen LogP contribution < -0.4 is 9.47 Å². The normalized spacial score (nSPS) is 14.5. The fourth-order valence-electron chi connectivity index (χ4n) is 3.47. The van der Waals surface area contributed by atoms with Gasteiger partial charge in [0.15, 0.2) is 6.61 Å². The Morgan fingerprint density at radius 1 is 1.06 bits per heavy atom. The van der Waals surface area contributed by atoms with Gasteiger partial charge in [-0.2, -0.15) is 4.98 Å². The summed E-state index contributed by atoms with van der Waals surface area (Å²) in [6.45, 7) is 5.37. The van der Waals surface area contributed by atoms with Crippen molar-refractivity contribution < 1.29 is 18.8 Å². The van der Waals surface area contributed by atoms with Gasteiger partial charge in [-0.05, 0) is 42.8 Å². The number of para-hydroxylation sites is 1. The van der Waals surface area contributed by atoms with Crippen LogP contribution in [0.2, 0.25) is 0 Å². The topological polar surface area (TPSA) is 80.9 Å². The molecular formula is C23H26N4O4. The molecule has 8 heteroatoms. The van der Waals surface area contributed by atoms with E-state index in [0.717, 1.165) is 35.7 Å². The lowest BCUT2D eigenvalue weighted by atomic mass is 10.2. The fraction of sp³-hybridized carbons (Fsp3) is 0.348. The number of aryl methyl sites for hydroxylation is 1. The summed E-state index contributed by atoms with van der Waals surface area (Å²) >= 11 is 0. The predicted molar refractivity (Wildman–Crippen MR) is 115 cm³/mol. The van der Waals surface area contributed by atoms with Gasteiger partial charge in [-0.3, -0.25) is 9.69 Å². The van der Waals surface area contributed by atoms with Gasteiger partial charge in [-0.25, -0.2) is 0 Å². The summed E-state index contributed by atoms with van der Waals surface area (Å²) < 4.78 is 16.3. The average molecular weight is 422 g/mol. The molecule has 0 radical (unpaired) electrons. The van der Waals surface area contributed by atoms with Crippen LogP contribution in [0.1, 0.15) is 11.5 Å². The Balaban J connectivity index is 1.25. The van der Waals surface area contributed by atoms with Gasteiger partial charge in [0.25, 0.3) is 5.91 Å². The molecule has 0 unspecified atom stereocenters. The average Bonchev–Trinajstić information content (AvgIpc) is 3.27. The second-order valence-corrected chi connectivity index (χ2v) is 7.45. The molecule has 0 N–H and O–H groups in total. The van der Waals surface area contributed by atoms with E-state index in [2.05, 4.69) is 15.0 Å². The third-order valence-corrected chi connectivity index (χ3v) is 5.34. The molecule has 1 aliphatic heterocycles. The summed E-state index contributed by atoms with van der Waals surface area (Å²) in [5.74, 6) is 2.65. The maximum Gasteiger partial charge on any atom is 0.260 e. The Labute approximate surface area is 181 Å². The van der Waals surface area contributed by atoms with Crippen molar-refractivity contribution >= 4 is 5.91 Å². The Morgan fingerprint density at radius 3 is 2.52 bits per heavy atom. The number of amides is 1. The second kappa shape index (κ2) is 9.61. The standard InChI is InChI=1S/C23H26N4O4/c1-17-5-3-4-6-20(17)30-16-22(28)27-13-11-26(12-14-27)15-21-24-23(25-31-21)18-7-9-19(29-2)10-8-18/h3-10H,11-16H2,1-2H3. The van der Waals surface area contributed by atoms with E-state index < -0.39 is 0 Å².